The molecule has 0 radical (unpaired) electrons. The maximum Gasteiger partial charge on any atom is 0.416 e. The van der Waals surface area contributed by atoms with Crippen molar-refractivity contribution in [2.45, 2.75) is 32.0 Å². The van der Waals surface area contributed by atoms with Gasteiger partial charge in [0.25, 0.3) is 11.8 Å². The smallest absolute Gasteiger partial charge is 0.382 e. The van der Waals surface area contributed by atoms with Crippen LogP contribution < -0.4 is 16.4 Å². The molecule has 12 heteroatoms. The van der Waals surface area contributed by atoms with Gasteiger partial charge in [-0.15, -0.1) is 0 Å². The van der Waals surface area contributed by atoms with E-state index in [4.69, 9.17) is 10.7 Å². The van der Waals surface area contributed by atoms with Crippen molar-refractivity contribution < 1.29 is 22.8 Å². The van der Waals surface area contributed by atoms with Crippen LogP contribution >= 0.6 is 0 Å². The van der Waals surface area contributed by atoms with Crippen LogP contribution in [0.3, 0.4) is 0 Å². The summed E-state index contributed by atoms with van der Waals surface area (Å²) in [4.78, 5) is 37.4. The molecule has 1 aromatic carbocycles. The minimum absolute atomic E-state index is 0.178. The fraction of sp³-hybridized carbons (Fsp3) is 0.179. The standard InChI is InChI=1S/C28H22F3N7O2/c1-2-3-22(39)35-20-9-8-18(14-20)26-37-23(24-25(32)34-12-13-38(24)26)16-4-6-17(7-5-16)27(40)36-21-15-19(10-11-33-21)28(29,30)31/h4-7,10-15,20H,8-9H2,1H3,(H2,32,34)(H,35,39)(H,33,36,40). The number of nitrogen functional groups attached to an aromatic ring is 1. The number of rotatable bonds is 5. The Morgan fingerprint density at radius 3 is 2.62 bits per heavy atom. The van der Waals surface area contributed by atoms with Crippen molar-refractivity contribution in [1.29, 1.82) is 0 Å². The van der Waals surface area contributed by atoms with Gasteiger partial charge in [0, 0.05) is 35.8 Å². The molecule has 40 heavy (non-hydrogen) atoms. The largest absolute Gasteiger partial charge is 0.416 e. The third-order valence-corrected chi connectivity index (χ3v) is 6.30. The van der Waals surface area contributed by atoms with Crippen molar-refractivity contribution in [3.8, 4) is 23.1 Å². The molecule has 202 valence electrons. The molecule has 0 bridgehead atoms. The van der Waals surface area contributed by atoms with E-state index in [1.54, 1.807) is 31.5 Å². The number of benzene rings is 1. The zero-order valence-corrected chi connectivity index (χ0v) is 21.1. The fourth-order valence-electron chi connectivity index (χ4n) is 4.47. The van der Waals surface area contributed by atoms with E-state index >= 15 is 0 Å². The van der Waals surface area contributed by atoms with Gasteiger partial charge in [-0.2, -0.15) is 13.2 Å². The lowest BCUT2D eigenvalue weighted by atomic mass is 10.1. The van der Waals surface area contributed by atoms with Crippen LogP contribution in [-0.4, -0.2) is 37.2 Å². The van der Waals surface area contributed by atoms with E-state index < -0.39 is 17.6 Å². The Labute approximate surface area is 226 Å². The van der Waals surface area contributed by atoms with Crippen LogP contribution in [0.4, 0.5) is 24.8 Å². The minimum atomic E-state index is -4.56. The second-order valence-electron chi connectivity index (χ2n) is 8.96. The molecule has 0 saturated heterocycles. The van der Waals surface area contributed by atoms with Crippen LogP contribution in [0, 0.1) is 11.8 Å². The first kappa shape index (κ1) is 26.4. The quantitative estimate of drug-likeness (QED) is 0.321. The zero-order valence-electron chi connectivity index (χ0n) is 21.1. The van der Waals surface area contributed by atoms with Crippen LogP contribution in [0.2, 0.25) is 0 Å². The summed E-state index contributed by atoms with van der Waals surface area (Å²) in [6.45, 7) is 1.60. The number of nitrogens with one attached hydrogen (secondary N) is 2. The molecule has 5 rings (SSSR count). The molecule has 4 aromatic rings. The Balaban J connectivity index is 1.42. The van der Waals surface area contributed by atoms with E-state index in [2.05, 4.69) is 32.4 Å². The summed E-state index contributed by atoms with van der Waals surface area (Å²) >= 11 is 0. The molecule has 0 saturated carbocycles. The van der Waals surface area contributed by atoms with Crippen LogP contribution in [0.25, 0.3) is 22.3 Å². The second-order valence-corrected chi connectivity index (χ2v) is 8.96. The van der Waals surface area contributed by atoms with Crippen LogP contribution in [-0.2, 0) is 11.0 Å². The predicted molar refractivity (Wildman–Crippen MR) is 143 cm³/mol. The third-order valence-electron chi connectivity index (χ3n) is 6.30. The number of allylic oxidation sites excluding steroid dienone is 1. The van der Waals surface area contributed by atoms with E-state index in [1.807, 2.05) is 10.5 Å². The highest BCUT2D eigenvalue weighted by molar-refractivity contribution is 6.04. The fourth-order valence-corrected chi connectivity index (χ4v) is 4.47. The molecular formula is C28H22F3N7O2. The molecule has 4 N–H and O–H groups in total. The van der Waals surface area contributed by atoms with Gasteiger partial charge >= 0.3 is 6.18 Å². The number of amides is 2. The summed E-state index contributed by atoms with van der Waals surface area (Å²) in [6, 6.07) is 7.82. The summed E-state index contributed by atoms with van der Waals surface area (Å²) in [7, 11) is 0. The summed E-state index contributed by atoms with van der Waals surface area (Å²) in [6.07, 6.45) is 3.06. The zero-order chi connectivity index (χ0) is 28.4. The number of nitrogens with zero attached hydrogens (tertiary/aromatic N) is 4. The van der Waals surface area contributed by atoms with Gasteiger partial charge in [-0.05, 0) is 55.5 Å². The van der Waals surface area contributed by atoms with E-state index in [9.17, 15) is 22.8 Å². The highest BCUT2D eigenvalue weighted by Gasteiger charge is 2.31. The van der Waals surface area contributed by atoms with Crippen LogP contribution in [0.1, 0.15) is 41.5 Å². The predicted octanol–water partition coefficient (Wildman–Crippen LogP) is 4.33. The monoisotopic (exact) mass is 545 g/mol. The van der Waals surface area contributed by atoms with Gasteiger partial charge in [0.05, 0.1) is 5.56 Å². The number of fused-ring (bicyclic) bond motifs is 1. The Morgan fingerprint density at radius 2 is 1.90 bits per heavy atom. The van der Waals surface area contributed by atoms with Gasteiger partial charge in [-0.25, -0.2) is 15.0 Å². The SMILES string of the molecule is CC#CC(=O)NC1C=C(c2nc(-c3ccc(C(=O)Nc4cc(C(F)(F)F)ccn4)cc3)c3c(N)nccn23)CC1. The second kappa shape index (κ2) is 10.5. The molecule has 9 nitrogen and oxygen atoms in total. The number of nitrogens with two attached hydrogens (primary N) is 1. The van der Waals surface area contributed by atoms with E-state index in [-0.39, 0.29) is 29.1 Å². The number of carbonyl (C=O) groups excluding carboxylic acids is 2. The van der Waals surface area contributed by atoms with Crippen molar-refractivity contribution in [2.75, 3.05) is 11.1 Å². The Hall–Kier alpha value is -5.18. The topological polar surface area (TPSA) is 127 Å². The van der Waals surface area contributed by atoms with Gasteiger partial charge in [0.2, 0.25) is 0 Å². The van der Waals surface area contributed by atoms with E-state index in [1.165, 1.54) is 12.1 Å². The van der Waals surface area contributed by atoms with Crippen molar-refractivity contribution in [2.24, 2.45) is 0 Å². The number of anilines is 2. The maximum atomic E-state index is 13.0. The highest BCUT2D eigenvalue weighted by Crippen LogP contribution is 2.34. The molecule has 1 aliphatic carbocycles. The summed E-state index contributed by atoms with van der Waals surface area (Å²) in [5.41, 5.74) is 8.21. The average molecular weight is 546 g/mol. The Morgan fingerprint density at radius 1 is 1.12 bits per heavy atom. The van der Waals surface area contributed by atoms with Gasteiger partial charge in [-0.1, -0.05) is 24.1 Å². The lowest BCUT2D eigenvalue weighted by Gasteiger charge is -2.09. The number of aromatic nitrogens is 4. The third kappa shape index (κ3) is 5.35. The summed E-state index contributed by atoms with van der Waals surface area (Å²) in [5.74, 6) is 4.78. The lowest BCUT2D eigenvalue weighted by Crippen LogP contribution is -2.30. The number of pyridine rings is 1. The van der Waals surface area contributed by atoms with Crippen molar-refractivity contribution in [1.82, 2.24) is 24.7 Å². The molecule has 0 fully saturated rings. The average Bonchev–Trinajstić information content (AvgIpc) is 3.54. The number of hydrogen-bond acceptors (Lipinski definition) is 6. The van der Waals surface area contributed by atoms with Gasteiger partial charge in [-0.3, -0.25) is 14.0 Å². The highest BCUT2D eigenvalue weighted by atomic mass is 19.4. The molecule has 0 spiro atoms. The molecule has 1 atom stereocenters. The number of halogens is 3. The Bertz CT molecular complexity index is 1710. The normalized spacial score (nSPS) is 14.8. The van der Waals surface area contributed by atoms with E-state index in [0.717, 1.165) is 23.9 Å². The lowest BCUT2D eigenvalue weighted by molar-refractivity contribution is -0.137. The maximum absolute atomic E-state index is 13.0. The van der Waals surface area contributed by atoms with Gasteiger partial charge in [0.15, 0.2) is 0 Å². The van der Waals surface area contributed by atoms with Crippen LogP contribution in [0.5, 0.6) is 0 Å². The molecular weight excluding hydrogens is 523 g/mol. The van der Waals surface area contributed by atoms with Crippen molar-refractivity contribution in [3.05, 3.63) is 78.0 Å². The number of alkyl halides is 3. The van der Waals surface area contributed by atoms with Gasteiger partial charge < -0.3 is 16.4 Å². The first-order valence-corrected chi connectivity index (χ1v) is 12.2. The molecule has 2 amide bonds. The molecule has 1 unspecified atom stereocenters. The molecule has 1 aliphatic rings. The molecule has 3 aromatic heterocycles. The first-order chi connectivity index (χ1) is 19.1. The Kier molecular flexibility index (Phi) is 6.96. The molecule has 0 aliphatic heterocycles. The molecule has 3 heterocycles. The van der Waals surface area contributed by atoms with Crippen molar-refractivity contribution in [3.63, 3.8) is 0 Å². The van der Waals surface area contributed by atoms with Crippen molar-refractivity contribution >= 4 is 34.5 Å². The van der Waals surface area contributed by atoms with Crippen LogP contribution in [0.15, 0.2) is 61.1 Å². The summed E-state index contributed by atoms with van der Waals surface area (Å²) in [5, 5.41) is 5.25. The first-order valence-electron chi connectivity index (χ1n) is 12.2. The minimum Gasteiger partial charge on any atom is -0.382 e. The summed E-state index contributed by atoms with van der Waals surface area (Å²) < 4.78 is 40.8. The van der Waals surface area contributed by atoms with Gasteiger partial charge in [0.1, 0.15) is 28.7 Å². The number of hydrogen-bond donors (Lipinski definition) is 3. The number of imidazole rings is 1. The number of carbonyl (C=O) groups is 2. The van der Waals surface area contributed by atoms with E-state index in [0.29, 0.717) is 35.4 Å².